The van der Waals surface area contributed by atoms with Crippen LogP contribution in [0, 0.1) is 46.3 Å². The number of nitrogens with one attached hydrogen (secondary N) is 1. The number of carbonyl (C=O) groups is 1. The van der Waals surface area contributed by atoms with Gasteiger partial charge in [-0.2, -0.15) is 0 Å². The molecular weight excluding hydrogens is 418 g/mol. The lowest BCUT2D eigenvalue weighted by Gasteiger charge is -2.58. The monoisotopic (exact) mass is 471 g/mol. The van der Waals surface area contributed by atoms with Crippen LogP contribution >= 0.6 is 0 Å². The molecule has 8 atom stereocenters. The molecule has 0 saturated heterocycles. The number of fused-ring (bicyclic) bond motifs is 5. The molecule has 1 N–H and O–H groups in total. The highest BCUT2D eigenvalue weighted by Gasteiger charge is 2.59. The zero-order valence-electron chi connectivity index (χ0n) is 23.1. The molecule has 3 heteroatoms. The third-order valence-corrected chi connectivity index (χ3v) is 11.1. The van der Waals surface area contributed by atoms with Gasteiger partial charge in [-0.3, -0.25) is 0 Å². The number of hydrogen-bond donors (Lipinski definition) is 1. The molecule has 0 aromatic heterocycles. The van der Waals surface area contributed by atoms with E-state index in [1.165, 1.54) is 57.8 Å². The quantitative estimate of drug-likeness (QED) is 0.360. The van der Waals surface area contributed by atoms with Crippen LogP contribution < -0.4 is 5.32 Å². The number of allylic oxidation sites excluding steroid dienone is 1. The maximum atomic E-state index is 12.1. The van der Waals surface area contributed by atoms with E-state index in [0.29, 0.717) is 17.4 Å². The van der Waals surface area contributed by atoms with Crippen LogP contribution in [0.2, 0.25) is 0 Å². The summed E-state index contributed by atoms with van der Waals surface area (Å²) >= 11 is 0. The SMILES string of the molecule is CCCNC(=O)OC1CC[C@@]2(C)C(=CC[C@H]3C4CC[C@H]([C@H](C)CCCC(C)C)[C@@]4(C)CC[C@H]32)C1. The third kappa shape index (κ3) is 4.96. The van der Waals surface area contributed by atoms with Gasteiger partial charge in [0, 0.05) is 13.0 Å². The minimum absolute atomic E-state index is 0.0594. The van der Waals surface area contributed by atoms with Gasteiger partial charge >= 0.3 is 6.09 Å². The van der Waals surface area contributed by atoms with E-state index in [9.17, 15) is 4.79 Å². The second-order valence-corrected chi connectivity index (χ2v) is 13.5. The first-order chi connectivity index (χ1) is 16.2. The summed E-state index contributed by atoms with van der Waals surface area (Å²) in [5, 5.41) is 2.89. The van der Waals surface area contributed by atoms with Gasteiger partial charge in [0.15, 0.2) is 0 Å². The van der Waals surface area contributed by atoms with Crippen LogP contribution in [0.5, 0.6) is 0 Å². The Morgan fingerprint density at radius 1 is 1.09 bits per heavy atom. The molecule has 4 rings (SSSR count). The maximum absolute atomic E-state index is 12.1. The summed E-state index contributed by atoms with van der Waals surface area (Å²) in [5.41, 5.74) is 2.48. The van der Waals surface area contributed by atoms with Gasteiger partial charge in [0.05, 0.1) is 0 Å². The van der Waals surface area contributed by atoms with Crippen LogP contribution in [-0.2, 0) is 4.74 Å². The highest BCUT2D eigenvalue weighted by atomic mass is 16.6. The van der Waals surface area contributed by atoms with Crippen molar-refractivity contribution in [3.8, 4) is 0 Å². The summed E-state index contributed by atoms with van der Waals surface area (Å²) in [6, 6.07) is 0. The predicted molar refractivity (Wildman–Crippen MR) is 142 cm³/mol. The van der Waals surface area contributed by atoms with Crippen molar-refractivity contribution in [2.24, 2.45) is 46.3 Å². The molecule has 0 aliphatic heterocycles. The Balaban J connectivity index is 1.41. The third-order valence-electron chi connectivity index (χ3n) is 11.1. The van der Waals surface area contributed by atoms with Gasteiger partial charge in [-0.25, -0.2) is 4.79 Å². The average molecular weight is 472 g/mol. The fourth-order valence-electron chi connectivity index (χ4n) is 9.17. The number of carbonyl (C=O) groups excluding carboxylic acids is 1. The molecule has 0 aromatic carbocycles. The van der Waals surface area contributed by atoms with Crippen molar-refractivity contribution in [3.63, 3.8) is 0 Å². The van der Waals surface area contributed by atoms with Crippen molar-refractivity contribution in [3.05, 3.63) is 11.6 Å². The highest BCUT2D eigenvalue weighted by Crippen LogP contribution is 2.67. The van der Waals surface area contributed by atoms with E-state index in [1.54, 1.807) is 5.57 Å². The molecule has 0 bridgehead atoms. The number of rotatable bonds is 8. The van der Waals surface area contributed by atoms with Gasteiger partial charge in [-0.1, -0.05) is 72.5 Å². The minimum Gasteiger partial charge on any atom is -0.446 e. The van der Waals surface area contributed by atoms with E-state index < -0.39 is 0 Å². The zero-order chi connectivity index (χ0) is 24.5. The lowest BCUT2D eigenvalue weighted by atomic mass is 9.47. The van der Waals surface area contributed by atoms with Gasteiger partial charge in [0.2, 0.25) is 0 Å². The lowest BCUT2D eigenvalue weighted by molar-refractivity contribution is -0.0581. The molecular formula is C31H53NO2. The van der Waals surface area contributed by atoms with Gasteiger partial charge in [0.1, 0.15) is 6.10 Å². The van der Waals surface area contributed by atoms with Crippen molar-refractivity contribution in [1.82, 2.24) is 5.32 Å². The molecule has 3 fully saturated rings. The number of amides is 1. The molecule has 3 nitrogen and oxygen atoms in total. The van der Waals surface area contributed by atoms with E-state index in [-0.39, 0.29) is 12.2 Å². The normalized spacial score (nSPS) is 40.1. The Bertz CT molecular complexity index is 744. The average Bonchev–Trinajstić information content (AvgIpc) is 3.15. The first-order valence-electron chi connectivity index (χ1n) is 14.8. The Labute approximate surface area is 210 Å². The lowest BCUT2D eigenvalue weighted by Crippen LogP contribution is -2.51. The number of hydrogen-bond acceptors (Lipinski definition) is 2. The molecule has 194 valence electrons. The molecule has 2 unspecified atom stereocenters. The van der Waals surface area contributed by atoms with E-state index >= 15 is 0 Å². The second kappa shape index (κ2) is 10.6. The smallest absolute Gasteiger partial charge is 0.407 e. The summed E-state index contributed by atoms with van der Waals surface area (Å²) in [6.45, 7) is 15.3. The summed E-state index contributed by atoms with van der Waals surface area (Å²) in [7, 11) is 0. The topological polar surface area (TPSA) is 38.3 Å². The molecule has 4 aliphatic carbocycles. The number of alkyl carbamates (subject to hydrolysis) is 1. The van der Waals surface area contributed by atoms with Crippen molar-refractivity contribution in [1.29, 1.82) is 0 Å². The van der Waals surface area contributed by atoms with Crippen LogP contribution in [0.15, 0.2) is 11.6 Å². The predicted octanol–water partition coefficient (Wildman–Crippen LogP) is 8.53. The largest absolute Gasteiger partial charge is 0.446 e. The first-order valence-corrected chi connectivity index (χ1v) is 14.8. The first kappa shape index (κ1) is 26.1. The van der Waals surface area contributed by atoms with E-state index in [1.807, 2.05) is 0 Å². The zero-order valence-corrected chi connectivity index (χ0v) is 23.1. The van der Waals surface area contributed by atoms with E-state index in [2.05, 4.69) is 52.9 Å². The van der Waals surface area contributed by atoms with Crippen LogP contribution in [-0.4, -0.2) is 18.7 Å². The molecule has 0 heterocycles. The van der Waals surface area contributed by atoms with Crippen LogP contribution in [0.1, 0.15) is 119 Å². The van der Waals surface area contributed by atoms with E-state index in [4.69, 9.17) is 4.74 Å². The van der Waals surface area contributed by atoms with E-state index in [0.717, 1.165) is 54.8 Å². The fraction of sp³-hybridized carbons (Fsp3) is 0.903. The van der Waals surface area contributed by atoms with Gasteiger partial charge in [-0.15, -0.1) is 0 Å². The highest BCUT2D eigenvalue weighted by molar-refractivity contribution is 5.67. The van der Waals surface area contributed by atoms with Gasteiger partial charge in [-0.05, 0) is 97.7 Å². The number of ether oxygens (including phenoxy) is 1. The summed E-state index contributed by atoms with van der Waals surface area (Å²) < 4.78 is 5.81. The van der Waals surface area contributed by atoms with Crippen molar-refractivity contribution in [2.75, 3.05) is 6.54 Å². The molecule has 0 aromatic rings. The second-order valence-electron chi connectivity index (χ2n) is 13.5. The molecule has 34 heavy (non-hydrogen) atoms. The summed E-state index contributed by atoms with van der Waals surface area (Å²) in [5.74, 6) is 5.25. The Morgan fingerprint density at radius 3 is 2.62 bits per heavy atom. The summed E-state index contributed by atoms with van der Waals surface area (Å²) in [4.78, 5) is 12.1. The van der Waals surface area contributed by atoms with Gasteiger partial charge in [0.25, 0.3) is 0 Å². The Kier molecular flexibility index (Phi) is 8.10. The van der Waals surface area contributed by atoms with Crippen LogP contribution in [0.25, 0.3) is 0 Å². The van der Waals surface area contributed by atoms with Crippen molar-refractivity contribution >= 4 is 6.09 Å². The molecule has 0 spiro atoms. The summed E-state index contributed by atoms with van der Waals surface area (Å²) in [6.07, 6.45) is 17.8. The molecule has 3 saturated carbocycles. The Morgan fingerprint density at radius 2 is 1.88 bits per heavy atom. The molecule has 0 radical (unpaired) electrons. The van der Waals surface area contributed by atoms with Crippen molar-refractivity contribution in [2.45, 2.75) is 125 Å². The van der Waals surface area contributed by atoms with Crippen molar-refractivity contribution < 1.29 is 9.53 Å². The standard InChI is InChI=1S/C31H53NO2/c1-7-19-32-29(33)34-24-15-17-30(5)23(20-24)11-12-25-27-14-13-26(22(4)10-8-9-21(2)3)31(27,6)18-16-28(25)30/h11,21-22,24-28H,7-10,12-20H2,1-6H3,(H,32,33)/t22-,24?,25+,26-,27?,28-,30+,31-/m1/s1. The fourth-order valence-corrected chi connectivity index (χ4v) is 9.17. The molecule has 1 amide bonds. The van der Waals surface area contributed by atoms with Crippen LogP contribution in [0.3, 0.4) is 0 Å². The molecule has 4 aliphatic rings. The minimum atomic E-state index is -0.224. The maximum Gasteiger partial charge on any atom is 0.407 e. The van der Waals surface area contributed by atoms with Gasteiger partial charge < -0.3 is 10.1 Å². The Hall–Kier alpha value is -0.990. The van der Waals surface area contributed by atoms with Crippen LogP contribution in [0.4, 0.5) is 4.79 Å².